The Morgan fingerprint density at radius 3 is 2.79 bits per heavy atom. The van der Waals surface area contributed by atoms with Crippen molar-refractivity contribution >= 4 is 16.8 Å². The highest BCUT2D eigenvalue weighted by Crippen LogP contribution is 2.34. The molecule has 2 aromatic carbocycles. The van der Waals surface area contributed by atoms with Gasteiger partial charge in [-0.3, -0.25) is 15.1 Å². The summed E-state index contributed by atoms with van der Waals surface area (Å²) in [4.78, 5) is 14.6. The van der Waals surface area contributed by atoms with Gasteiger partial charge in [-0.15, -0.1) is 0 Å². The van der Waals surface area contributed by atoms with Crippen molar-refractivity contribution in [1.82, 2.24) is 15.1 Å². The van der Waals surface area contributed by atoms with Gasteiger partial charge in [0.2, 0.25) is 11.9 Å². The van der Waals surface area contributed by atoms with Crippen LogP contribution in [0.1, 0.15) is 28.5 Å². The minimum absolute atomic E-state index is 0.0552. The molecule has 0 aliphatic carbocycles. The first-order chi connectivity index (χ1) is 15.8. The van der Waals surface area contributed by atoms with E-state index in [4.69, 9.17) is 4.74 Å². The summed E-state index contributed by atoms with van der Waals surface area (Å²) in [7, 11) is 1.63. The number of aromatic amines is 1. The molecular weight excluding hydrogens is 430 g/mol. The Hall–Kier alpha value is -4.01. The van der Waals surface area contributed by atoms with E-state index >= 15 is 0 Å². The zero-order valence-corrected chi connectivity index (χ0v) is 18.4. The van der Waals surface area contributed by atoms with Crippen LogP contribution in [0.25, 0.3) is 22.0 Å². The van der Waals surface area contributed by atoms with Gasteiger partial charge in [-0.05, 0) is 31.2 Å². The fourth-order valence-electron chi connectivity index (χ4n) is 3.77. The Bertz CT molecular complexity index is 1350. The SMILES string of the molecule is CCOc1cc(C(=O)N(C)Cc2c[n+](O)c(C)c3cn[nH]c23)ccc1-c1cccc(F)c1F. The van der Waals surface area contributed by atoms with E-state index in [-0.39, 0.29) is 30.4 Å². The van der Waals surface area contributed by atoms with Gasteiger partial charge in [0.05, 0.1) is 35.8 Å². The number of benzene rings is 2. The maximum atomic E-state index is 14.4. The molecule has 170 valence electrons. The van der Waals surface area contributed by atoms with E-state index in [2.05, 4.69) is 10.2 Å². The van der Waals surface area contributed by atoms with Crippen molar-refractivity contribution in [3.05, 3.63) is 77.2 Å². The predicted octanol–water partition coefficient (Wildman–Crippen LogP) is 4.01. The second-order valence-corrected chi connectivity index (χ2v) is 7.65. The molecule has 0 bridgehead atoms. The number of carbonyl (C=O) groups is 1. The number of fused-ring (bicyclic) bond motifs is 1. The predicted molar refractivity (Wildman–Crippen MR) is 117 cm³/mol. The van der Waals surface area contributed by atoms with Crippen LogP contribution in [0.15, 0.2) is 48.8 Å². The van der Waals surface area contributed by atoms with Gasteiger partial charge in [-0.25, -0.2) is 8.78 Å². The molecule has 0 fully saturated rings. The van der Waals surface area contributed by atoms with Crippen LogP contribution in [0.3, 0.4) is 0 Å². The van der Waals surface area contributed by atoms with E-state index in [0.29, 0.717) is 22.4 Å². The van der Waals surface area contributed by atoms with Gasteiger partial charge in [0.15, 0.2) is 11.6 Å². The zero-order chi connectivity index (χ0) is 23.7. The summed E-state index contributed by atoms with van der Waals surface area (Å²) in [5.41, 5.74) is 2.76. The molecule has 9 heteroatoms. The number of pyridine rings is 1. The van der Waals surface area contributed by atoms with Crippen molar-refractivity contribution in [3.8, 4) is 16.9 Å². The summed E-state index contributed by atoms with van der Waals surface area (Å²) in [5, 5.41) is 17.8. The van der Waals surface area contributed by atoms with E-state index in [1.54, 1.807) is 39.2 Å². The Balaban J connectivity index is 1.66. The number of ether oxygens (including phenoxy) is 1. The highest BCUT2D eigenvalue weighted by molar-refractivity contribution is 5.95. The Morgan fingerprint density at radius 2 is 2.03 bits per heavy atom. The summed E-state index contributed by atoms with van der Waals surface area (Å²) >= 11 is 0. The first-order valence-corrected chi connectivity index (χ1v) is 10.3. The van der Waals surface area contributed by atoms with Crippen LogP contribution in [0.4, 0.5) is 8.78 Å². The largest absolute Gasteiger partial charge is 0.493 e. The molecule has 0 atom stereocenters. The smallest absolute Gasteiger partial charge is 0.254 e. The van der Waals surface area contributed by atoms with Gasteiger partial charge in [-0.1, -0.05) is 12.1 Å². The second-order valence-electron chi connectivity index (χ2n) is 7.65. The van der Waals surface area contributed by atoms with Crippen molar-refractivity contribution in [3.63, 3.8) is 0 Å². The quantitative estimate of drug-likeness (QED) is 0.341. The van der Waals surface area contributed by atoms with Crippen molar-refractivity contribution in [2.75, 3.05) is 13.7 Å². The van der Waals surface area contributed by atoms with Crippen molar-refractivity contribution < 1.29 is 28.2 Å². The van der Waals surface area contributed by atoms with Gasteiger partial charge < -0.3 is 9.64 Å². The number of nitrogens with one attached hydrogen (secondary N) is 1. The minimum Gasteiger partial charge on any atom is -0.493 e. The number of aromatic nitrogens is 3. The van der Waals surface area contributed by atoms with Crippen molar-refractivity contribution in [2.24, 2.45) is 0 Å². The standard InChI is InChI=1S/C24H22F2N4O3/c1-4-33-21-10-15(8-9-17(21)18-6-5-7-20(25)22(18)26)24(31)29(3)12-16-13-30(32)14(2)19-11-27-28-23(16)19/h5-11,13,32H,4,12H2,1-3H3/p+1. The number of H-pyrrole nitrogens is 1. The average molecular weight is 453 g/mol. The van der Waals surface area contributed by atoms with Gasteiger partial charge in [0, 0.05) is 35.4 Å². The van der Waals surface area contributed by atoms with E-state index in [0.717, 1.165) is 21.7 Å². The topological polar surface area (TPSA) is 82.3 Å². The van der Waals surface area contributed by atoms with E-state index in [1.807, 2.05) is 0 Å². The third-order valence-corrected chi connectivity index (χ3v) is 5.50. The lowest BCUT2D eigenvalue weighted by molar-refractivity contribution is -0.908. The first-order valence-electron chi connectivity index (χ1n) is 10.3. The van der Waals surface area contributed by atoms with Gasteiger partial charge in [-0.2, -0.15) is 5.10 Å². The monoisotopic (exact) mass is 453 g/mol. The van der Waals surface area contributed by atoms with Crippen LogP contribution in [-0.2, 0) is 6.54 Å². The van der Waals surface area contributed by atoms with Crippen LogP contribution in [0.2, 0.25) is 0 Å². The number of carbonyl (C=O) groups excluding carboxylic acids is 1. The number of nitrogens with zero attached hydrogens (tertiary/aromatic N) is 3. The molecule has 7 nitrogen and oxygen atoms in total. The summed E-state index contributed by atoms with van der Waals surface area (Å²) in [6.07, 6.45) is 3.14. The molecule has 0 spiro atoms. The Kier molecular flexibility index (Phi) is 5.95. The molecule has 0 aliphatic heterocycles. The molecule has 4 rings (SSSR count). The normalized spacial score (nSPS) is 11.1. The molecule has 0 unspecified atom stereocenters. The van der Waals surface area contributed by atoms with Crippen LogP contribution < -0.4 is 9.47 Å². The fourth-order valence-corrected chi connectivity index (χ4v) is 3.77. The Labute approximate surface area is 188 Å². The molecule has 1 amide bonds. The number of aryl methyl sites for hydroxylation is 1. The highest BCUT2D eigenvalue weighted by Gasteiger charge is 2.22. The molecule has 0 radical (unpaired) electrons. The van der Waals surface area contributed by atoms with Gasteiger partial charge >= 0.3 is 0 Å². The van der Waals surface area contributed by atoms with Crippen LogP contribution in [-0.4, -0.2) is 39.9 Å². The minimum atomic E-state index is -0.977. The van der Waals surface area contributed by atoms with Crippen LogP contribution in [0, 0.1) is 18.6 Å². The molecular formula is C24H23F2N4O3+. The van der Waals surface area contributed by atoms with Gasteiger partial charge in [0.25, 0.3) is 5.91 Å². The molecule has 0 aliphatic rings. The maximum Gasteiger partial charge on any atom is 0.254 e. The van der Waals surface area contributed by atoms with Gasteiger partial charge in [0.1, 0.15) is 5.75 Å². The van der Waals surface area contributed by atoms with Crippen molar-refractivity contribution in [2.45, 2.75) is 20.4 Å². The van der Waals surface area contributed by atoms with E-state index in [1.165, 1.54) is 29.3 Å². The van der Waals surface area contributed by atoms with Crippen LogP contribution in [0.5, 0.6) is 5.75 Å². The fraction of sp³-hybridized carbons (Fsp3) is 0.208. The molecule has 2 aromatic heterocycles. The number of rotatable bonds is 6. The average Bonchev–Trinajstić information content (AvgIpc) is 3.29. The van der Waals surface area contributed by atoms with Crippen LogP contribution >= 0.6 is 0 Å². The summed E-state index contributed by atoms with van der Waals surface area (Å²) in [5.74, 6) is -1.96. The zero-order valence-electron chi connectivity index (χ0n) is 18.4. The number of halogens is 2. The Morgan fingerprint density at radius 1 is 1.24 bits per heavy atom. The molecule has 2 heterocycles. The highest BCUT2D eigenvalue weighted by atomic mass is 19.2. The first kappa shape index (κ1) is 22.2. The molecule has 33 heavy (non-hydrogen) atoms. The third-order valence-electron chi connectivity index (χ3n) is 5.50. The molecule has 2 N–H and O–H groups in total. The number of amides is 1. The molecule has 0 saturated heterocycles. The van der Waals surface area contributed by atoms with Crippen molar-refractivity contribution in [1.29, 1.82) is 0 Å². The number of hydrogen-bond acceptors (Lipinski definition) is 4. The summed E-state index contributed by atoms with van der Waals surface area (Å²) in [6, 6.07) is 8.54. The van der Waals surface area contributed by atoms with E-state index in [9.17, 15) is 18.8 Å². The van der Waals surface area contributed by atoms with E-state index < -0.39 is 11.6 Å². The molecule has 4 aromatic rings. The molecule has 0 saturated carbocycles. The maximum absolute atomic E-state index is 14.4. The third kappa shape index (κ3) is 4.09. The second kappa shape index (κ2) is 8.85. The summed E-state index contributed by atoms with van der Waals surface area (Å²) in [6.45, 7) is 4.01. The lowest BCUT2D eigenvalue weighted by atomic mass is 10.0. The number of hydrogen-bond donors (Lipinski definition) is 2. The summed E-state index contributed by atoms with van der Waals surface area (Å²) < 4.78 is 34.7. The lowest BCUT2D eigenvalue weighted by Crippen LogP contribution is -2.35. The lowest BCUT2D eigenvalue weighted by Gasteiger charge is -2.19.